The van der Waals surface area contributed by atoms with E-state index in [1.807, 2.05) is 12.2 Å². The van der Waals surface area contributed by atoms with Crippen molar-refractivity contribution in [3.8, 4) is 0 Å². The van der Waals surface area contributed by atoms with E-state index in [1.165, 1.54) is 148 Å². The van der Waals surface area contributed by atoms with Gasteiger partial charge in [-0.15, -0.1) is 0 Å². The molecule has 17 nitrogen and oxygen atoms in total. The van der Waals surface area contributed by atoms with Crippen molar-refractivity contribution in [1.82, 2.24) is 0 Å². The minimum absolute atomic E-state index is 0.0889. The molecular formula is C83H150O17P2. The van der Waals surface area contributed by atoms with Crippen molar-refractivity contribution in [3.05, 3.63) is 72.9 Å². The van der Waals surface area contributed by atoms with E-state index >= 15 is 0 Å². The second-order valence-corrected chi connectivity index (χ2v) is 30.6. The highest BCUT2D eigenvalue weighted by Crippen LogP contribution is 2.45. The molecule has 0 saturated carbocycles. The summed E-state index contributed by atoms with van der Waals surface area (Å²) < 4.78 is 68.6. The second-order valence-electron chi connectivity index (χ2n) is 27.7. The van der Waals surface area contributed by atoms with Crippen LogP contribution in [0.4, 0.5) is 0 Å². The molecule has 19 heteroatoms. The molecule has 0 rings (SSSR count). The molecule has 0 amide bonds. The maximum atomic E-state index is 13.1. The number of phosphoric ester groups is 2. The van der Waals surface area contributed by atoms with Crippen LogP contribution in [0, 0.1) is 0 Å². The minimum Gasteiger partial charge on any atom is -0.462 e. The number of allylic oxidation sites excluding steroid dienone is 12. The van der Waals surface area contributed by atoms with Gasteiger partial charge >= 0.3 is 39.5 Å². The van der Waals surface area contributed by atoms with Crippen LogP contribution in [-0.2, 0) is 65.4 Å². The summed E-state index contributed by atoms with van der Waals surface area (Å²) in [7, 11) is -9.96. The van der Waals surface area contributed by atoms with Crippen LogP contribution >= 0.6 is 15.6 Å². The summed E-state index contributed by atoms with van der Waals surface area (Å²) in [6, 6.07) is 0. The van der Waals surface area contributed by atoms with Gasteiger partial charge in [-0.1, -0.05) is 306 Å². The highest BCUT2D eigenvalue weighted by Gasteiger charge is 2.30. The third-order valence-electron chi connectivity index (χ3n) is 17.6. The molecule has 0 aliphatic heterocycles. The van der Waals surface area contributed by atoms with E-state index in [0.717, 1.165) is 141 Å². The van der Waals surface area contributed by atoms with Crippen LogP contribution in [0.15, 0.2) is 72.9 Å². The average Bonchev–Trinajstić information content (AvgIpc) is 0.923. The van der Waals surface area contributed by atoms with Crippen molar-refractivity contribution < 1.29 is 80.2 Å². The predicted octanol–water partition coefficient (Wildman–Crippen LogP) is 24.0. The molecule has 0 radical (unpaired) electrons. The first kappa shape index (κ1) is 98.5. The Morgan fingerprint density at radius 3 is 0.814 bits per heavy atom. The van der Waals surface area contributed by atoms with Crippen LogP contribution in [0.25, 0.3) is 0 Å². The largest absolute Gasteiger partial charge is 0.472 e. The third-order valence-corrected chi connectivity index (χ3v) is 19.5. The summed E-state index contributed by atoms with van der Waals surface area (Å²) >= 11 is 0. The molecule has 594 valence electrons. The van der Waals surface area contributed by atoms with E-state index in [-0.39, 0.29) is 25.7 Å². The average molecular weight is 1480 g/mol. The molecule has 0 spiro atoms. The van der Waals surface area contributed by atoms with Crippen LogP contribution < -0.4 is 0 Å². The number of hydrogen-bond donors (Lipinski definition) is 3. The van der Waals surface area contributed by atoms with Gasteiger partial charge in [-0.2, -0.15) is 0 Å². The number of phosphoric acid groups is 2. The van der Waals surface area contributed by atoms with Crippen LogP contribution in [0.5, 0.6) is 0 Å². The first-order valence-electron chi connectivity index (χ1n) is 41.2. The molecular weight excluding hydrogens is 1330 g/mol. The third kappa shape index (κ3) is 74.8. The zero-order valence-corrected chi connectivity index (χ0v) is 66.8. The zero-order valence-electron chi connectivity index (χ0n) is 65.0. The topological polar surface area (TPSA) is 237 Å². The molecule has 0 aliphatic carbocycles. The van der Waals surface area contributed by atoms with Gasteiger partial charge in [-0.25, -0.2) is 9.13 Å². The van der Waals surface area contributed by atoms with Gasteiger partial charge in [-0.3, -0.25) is 37.3 Å². The van der Waals surface area contributed by atoms with Crippen LogP contribution in [-0.4, -0.2) is 96.7 Å². The monoisotopic (exact) mass is 1480 g/mol. The minimum atomic E-state index is -4.98. The lowest BCUT2D eigenvalue weighted by Crippen LogP contribution is -2.30. The van der Waals surface area contributed by atoms with Crippen LogP contribution in [0.2, 0.25) is 0 Å². The van der Waals surface area contributed by atoms with E-state index in [2.05, 4.69) is 88.5 Å². The Kier molecular flexibility index (Phi) is 73.1. The van der Waals surface area contributed by atoms with Crippen molar-refractivity contribution in [1.29, 1.82) is 0 Å². The van der Waals surface area contributed by atoms with Crippen molar-refractivity contribution in [2.75, 3.05) is 39.6 Å². The molecule has 0 heterocycles. The summed E-state index contributed by atoms with van der Waals surface area (Å²) in [5.41, 5.74) is 0. The number of aliphatic hydroxyl groups excluding tert-OH is 1. The van der Waals surface area contributed by atoms with Crippen molar-refractivity contribution >= 4 is 39.5 Å². The maximum Gasteiger partial charge on any atom is 0.472 e. The molecule has 2 unspecified atom stereocenters. The van der Waals surface area contributed by atoms with E-state index < -0.39 is 97.5 Å². The molecule has 0 fully saturated rings. The fourth-order valence-corrected chi connectivity index (χ4v) is 12.9. The van der Waals surface area contributed by atoms with Gasteiger partial charge in [0.05, 0.1) is 26.4 Å². The van der Waals surface area contributed by atoms with Gasteiger partial charge in [0, 0.05) is 25.7 Å². The molecule has 3 N–H and O–H groups in total. The Bertz CT molecular complexity index is 2210. The number of aliphatic hydroxyl groups is 1. The Morgan fingerprint density at radius 1 is 0.275 bits per heavy atom. The van der Waals surface area contributed by atoms with Gasteiger partial charge in [0.15, 0.2) is 12.2 Å². The maximum absolute atomic E-state index is 13.1. The number of esters is 4. The zero-order chi connectivity index (χ0) is 74.6. The van der Waals surface area contributed by atoms with E-state index in [4.69, 9.17) is 37.0 Å². The van der Waals surface area contributed by atoms with E-state index in [0.29, 0.717) is 32.1 Å². The van der Waals surface area contributed by atoms with Crippen molar-refractivity contribution in [3.63, 3.8) is 0 Å². The van der Waals surface area contributed by atoms with E-state index in [9.17, 15) is 43.2 Å². The quantitative estimate of drug-likeness (QED) is 0.0169. The van der Waals surface area contributed by atoms with E-state index in [1.54, 1.807) is 0 Å². The number of unbranched alkanes of at least 4 members (excludes halogenated alkanes) is 40. The van der Waals surface area contributed by atoms with Crippen molar-refractivity contribution in [2.45, 2.75) is 393 Å². The van der Waals surface area contributed by atoms with Gasteiger partial charge in [0.25, 0.3) is 0 Å². The molecule has 102 heavy (non-hydrogen) atoms. The molecule has 0 aromatic carbocycles. The van der Waals surface area contributed by atoms with Crippen LogP contribution in [0.3, 0.4) is 0 Å². The normalized spacial score (nSPS) is 14.2. The summed E-state index contributed by atoms with van der Waals surface area (Å²) in [4.78, 5) is 73.0. The lowest BCUT2D eigenvalue weighted by molar-refractivity contribution is -0.161. The smallest absolute Gasteiger partial charge is 0.462 e. The van der Waals surface area contributed by atoms with Crippen molar-refractivity contribution in [2.24, 2.45) is 0 Å². The first-order valence-corrected chi connectivity index (χ1v) is 44.2. The summed E-state index contributed by atoms with van der Waals surface area (Å²) in [6.45, 7) is 4.83. The Balaban J connectivity index is 5.38. The van der Waals surface area contributed by atoms with Gasteiger partial charge in [-0.05, 0) is 116 Å². The van der Waals surface area contributed by atoms with Crippen LogP contribution in [0.1, 0.15) is 374 Å². The standard InChI is InChI=1S/C83H150O17P2/c1-5-9-13-17-21-25-29-33-37-38-42-44-48-52-56-60-64-68-81(86)94-74-79(100-83(88)70-66-62-58-54-50-46-41-36-32-28-24-20-16-12-8-4)76-98-102(91,92)96-72-77(84)71-95-101(89,90)97-75-78(99-82(87)69-65-61-57-53-49-45-40-35-31-27-23-19-15-11-7-3)73-93-80(85)67-63-59-55-51-47-43-39-34-30-26-22-18-14-10-6-2/h21,25,27,31,33-34,37,39,42,44,52,56,77-79,84H,5-20,22-24,26,28-30,32,35-36,38,40-41,43,45-51,53-55,57-76H2,1-4H3,(H,89,90)(H,91,92)/b25-21-,31-27-,37-33-,39-34-,44-42-,56-52-/t77-,78+,79+/m0/s1. The number of carbonyl (C=O) groups is 4. The highest BCUT2D eigenvalue weighted by molar-refractivity contribution is 7.47. The summed E-state index contributed by atoms with van der Waals surface area (Å²) in [5, 5.41) is 10.6. The summed E-state index contributed by atoms with van der Waals surface area (Å²) in [6.07, 6.45) is 77.3. The number of carbonyl (C=O) groups excluding carboxylic acids is 4. The molecule has 0 aromatic heterocycles. The van der Waals surface area contributed by atoms with Gasteiger partial charge in [0.2, 0.25) is 0 Å². The molecule has 0 bridgehead atoms. The molecule has 5 atom stereocenters. The lowest BCUT2D eigenvalue weighted by Gasteiger charge is -2.21. The first-order chi connectivity index (χ1) is 49.7. The molecule has 0 aromatic rings. The predicted molar refractivity (Wildman–Crippen MR) is 418 cm³/mol. The molecule has 0 saturated heterocycles. The Morgan fingerprint density at radius 2 is 0.490 bits per heavy atom. The number of hydrogen-bond acceptors (Lipinski definition) is 15. The number of ether oxygens (including phenoxy) is 4. The SMILES string of the molecule is CCCCC/C=C\C/C=C\C/C=C\C/C=C\CCCC(=O)OC[C@H](COP(=O)(O)OC[C@@H](O)COP(=O)(O)OC[C@@H](COC(=O)CCCCCCC/C=C\CCCCCCCC)OC(=O)CCCCCCCCC/C=C\CCCCCC)OC(=O)CCCCCCCCCCCCCCCCC. The summed E-state index contributed by atoms with van der Waals surface area (Å²) in [5.74, 6) is -2.22. The Hall–Kier alpha value is -3.50. The Labute approximate surface area is 622 Å². The van der Waals surface area contributed by atoms with Gasteiger partial charge < -0.3 is 33.8 Å². The second kappa shape index (κ2) is 75.7. The fourth-order valence-electron chi connectivity index (χ4n) is 11.3. The molecule has 0 aliphatic rings. The fraction of sp³-hybridized carbons (Fsp3) is 0.807. The lowest BCUT2D eigenvalue weighted by atomic mass is 10.0. The van der Waals surface area contributed by atoms with Gasteiger partial charge in [0.1, 0.15) is 19.3 Å². The number of rotatable bonds is 78. The highest BCUT2D eigenvalue weighted by atomic mass is 31.2.